The fourth-order valence-electron chi connectivity index (χ4n) is 8.73. The Bertz CT molecular complexity index is 2700. The minimum atomic E-state index is -0.170. The molecule has 0 bridgehead atoms. The quantitative estimate of drug-likeness (QED) is 0.138. The van der Waals surface area contributed by atoms with Crippen LogP contribution < -0.4 is 0 Å². The maximum Gasteiger partial charge on any atom is 0.0165 e. The van der Waals surface area contributed by atoms with Crippen LogP contribution in [-0.4, -0.2) is 0 Å². The second kappa shape index (κ2) is 9.64. The van der Waals surface area contributed by atoms with Gasteiger partial charge in [-0.25, -0.2) is 0 Å². The van der Waals surface area contributed by atoms with Crippen LogP contribution >= 0.6 is 0 Å². The Kier molecular flexibility index (Phi) is 5.44. The van der Waals surface area contributed by atoms with Gasteiger partial charge in [0.2, 0.25) is 0 Å². The highest BCUT2D eigenvalue weighted by molar-refractivity contribution is 6.22. The highest BCUT2D eigenvalue weighted by Gasteiger charge is 2.40. The molecule has 220 valence electrons. The van der Waals surface area contributed by atoms with Crippen LogP contribution in [0.5, 0.6) is 0 Å². The third-order valence-corrected chi connectivity index (χ3v) is 10.8. The van der Waals surface area contributed by atoms with E-state index in [1.807, 2.05) is 0 Å². The first kappa shape index (κ1) is 26.5. The molecule has 47 heavy (non-hydrogen) atoms. The molecule has 0 saturated carbocycles. The minimum absolute atomic E-state index is 0.170. The summed E-state index contributed by atoms with van der Waals surface area (Å²) in [7, 11) is 0. The summed E-state index contributed by atoms with van der Waals surface area (Å²) in [6, 6.07) is 58.7. The average molecular weight is 597 g/mol. The van der Waals surface area contributed by atoms with Crippen molar-refractivity contribution in [1.29, 1.82) is 0 Å². The summed E-state index contributed by atoms with van der Waals surface area (Å²) < 4.78 is 0. The van der Waals surface area contributed by atoms with Crippen LogP contribution in [-0.2, 0) is 5.41 Å². The van der Waals surface area contributed by atoms with E-state index in [4.69, 9.17) is 0 Å². The molecular weight excluding hydrogens is 565 g/mol. The molecule has 0 N–H and O–H groups in total. The van der Waals surface area contributed by atoms with Crippen LogP contribution in [0.1, 0.15) is 25.0 Å². The van der Waals surface area contributed by atoms with Gasteiger partial charge in [0.05, 0.1) is 0 Å². The molecular formula is C47H32. The van der Waals surface area contributed by atoms with Gasteiger partial charge in [0.1, 0.15) is 0 Å². The molecule has 0 heteroatoms. The largest absolute Gasteiger partial charge is 0.0616 e. The van der Waals surface area contributed by atoms with Crippen molar-refractivity contribution in [2.45, 2.75) is 19.3 Å². The first-order chi connectivity index (χ1) is 23.1. The van der Waals surface area contributed by atoms with E-state index in [9.17, 15) is 0 Å². The van der Waals surface area contributed by atoms with E-state index in [-0.39, 0.29) is 5.41 Å². The summed E-state index contributed by atoms with van der Waals surface area (Å²) in [5.41, 5.74) is 10.6. The second-order valence-corrected chi connectivity index (χ2v) is 13.6. The Labute approximate surface area is 274 Å². The molecule has 0 amide bonds. The van der Waals surface area contributed by atoms with E-state index in [0.29, 0.717) is 0 Å². The monoisotopic (exact) mass is 596 g/mol. The molecule has 0 nitrogen and oxygen atoms in total. The van der Waals surface area contributed by atoms with E-state index < -0.39 is 0 Å². The van der Waals surface area contributed by atoms with Crippen molar-refractivity contribution in [3.63, 3.8) is 0 Å². The SMILES string of the molecule is CC1(C)c2cc(-c3cccc(-c4c5ccccc5cc5ccccc45)c3)c3ccccc3c2-c2c1c1ccccc1c1ccccc21. The fraction of sp³-hybridized carbons (Fsp3) is 0.0638. The van der Waals surface area contributed by atoms with Gasteiger partial charge >= 0.3 is 0 Å². The normalized spacial score (nSPS) is 13.5. The van der Waals surface area contributed by atoms with Crippen LogP contribution in [0.15, 0.2) is 158 Å². The molecule has 0 fully saturated rings. The highest BCUT2D eigenvalue weighted by atomic mass is 14.4. The van der Waals surface area contributed by atoms with Gasteiger partial charge in [-0.05, 0) is 117 Å². The summed E-state index contributed by atoms with van der Waals surface area (Å²) in [6.07, 6.45) is 0. The van der Waals surface area contributed by atoms with E-state index >= 15 is 0 Å². The third-order valence-electron chi connectivity index (χ3n) is 10.8. The zero-order chi connectivity index (χ0) is 31.3. The van der Waals surface area contributed by atoms with Crippen molar-refractivity contribution in [3.05, 3.63) is 169 Å². The van der Waals surface area contributed by atoms with E-state index in [0.717, 1.165) is 0 Å². The lowest BCUT2D eigenvalue weighted by atomic mass is 9.78. The predicted molar refractivity (Wildman–Crippen MR) is 202 cm³/mol. The number of rotatable bonds is 2. The lowest BCUT2D eigenvalue weighted by Crippen LogP contribution is -2.16. The zero-order valence-electron chi connectivity index (χ0n) is 26.5. The van der Waals surface area contributed by atoms with Crippen molar-refractivity contribution in [2.75, 3.05) is 0 Å². The number of hydrogen-bond donors (Lipinski definition) is 0. The standard InChI is InChI=1S/C47H32/c1-47(2)42-28-41(31-16-13-17-32(27-31)43-33-18-5-3-14-29(33)26-30-15-4-6-19-34(30)43)37-22-8-10-23-38(37)44(42)45-39-24-11-7-20-35(39)36-21-9-12-25-40(36)46(45)47/h3-28H,1-2H3. The molecule has 1 aliphatic carbocycles. The van der Waals surface area contributed by atoms with E-state index in [1.165, 1.54) is 98.4 Å². The molecule has 0 aliphatic heterocycles. The minimum Gasteiger partial charge on any atom is -0.0616 e. The summed E-state index contributed by atoms with van der Waals surface area (Å²) in [5.74, 6) is 0. The Hall–Kier alpha value is -5.72. The summed E-state index contributed by atoms with van der Waals surface area (Å²) >= 11 is 0. The van der Waals surface area contributed by atoms with Gasteiger partial charge < -0.3 is 0 Å². The van der Waals surface area contributed by atoms with Gasteiger partial charge in [0.25, 0.3) is 0 Å². The van der Waals surface area contributed by atoms with Crippen molar-refractivity contribution < 1.29 is 0 Å². The van der Waals surface area contributed by atoms with Gasteiger partial charge in [0.15, 0.2) is 0 Å². The number of benzene rings is 9. The van der Waals surface area contributed by atoms with Crippen molar-refractivity contribution >= 4 is 53.9 Å². The van der Waals surface area contributed by atoms with E-state index in [1.54, 1.807) is 0 Å². The number of hydrogen-bond acceptors (Lipinski definition) is 0. The maximum atomic E-state index is 2.52. The van der Waals surface area contributed by atoms with Crippen molar-refractivity contribution in [1.82, 2.24) is 0 Å². The van der Waals surface area contributed by atoms with Gasteiger partial charge in [-0.1, -0.05) is 153 Å². The molecule has 0 unspecified atom stereocenters. The van der Waals surface area contributed by atoms with Crippen molar-refractivity contribution in [2.24, 2.45) is 0 Å². The average Bonchev–Trinajstić information content (AvgIpc) is 3.37. The lowest BCUT2D eigenvalue weighted by molar-refractivity contribution is 0.667. The van der Waals surface area contributed by atoms with Crippen LogP contribution in [0.4, 0.5) is 0 Å². The van der Waals surface area contributed by atoms with Gasteiger partial charge in [0, 0.05) is 5.41 Å². The van der Waals surface area contributed by atoms with Gasteiger partial charge in [-0.2, -0.15) is 0 Å². The first-order valence-electron chi connectivity index (χ1n) is 16.6. The molecule has 10 rings (SSSR count). The molecule has 0 atom stereocenters. The molecule has 0 radical (unpaired) electrons. The zero-order valence-corrected chi connectivity index (χ0v) is 26.5. The second-order valence-electron chi connectivity index (χ2n) is 13.6. The Morgan fingerprint density at radius 3 is 1.49 bits per heavy atom. The van der Waals surface area contributed by atoms with E-state index in [2.05, 4.69) is 172 Å². The molecule has 9 aromatic carbocycles. The van der Waals surface area contributed by atoms with Crippen LogP contribution in [0.25, 0.3) is 87.2 Å². The van der Waals surface area contributed by atoms with Gasteiger partial charge in [-0.15, -0.1) is 0 Å². The Morgan fingerprint density at radius 1 is 0.340 bits per heavy atom. The first-order valence-corrected chi connectivity index (χ1v) is 16.6. The Morgan fingerprint density at radius 2 is 0.830 bits per heavy atom. The molecule has 0 saturated heterocycles. The topological polar surface area (TPSA) is 0 Å². The maximum absolute atomic E-state index is 2.52. The third kappa shape index (κ3) is 3.64. The van der Waals surface area contributed by atoms with Crippen LogP contribution in [0.2, 0.25) is 0 Å². The van der Waals surface area contributed by atoms with Gasteiger partial charge in [-0.3, -0.25) is 0 Å². The molecule has 9 aromatic rings. The predicted octanol–water partition coefficient (Wildman–Crippen LogP) is 13.1. The fourth-order valence-corrected chi connectivity index (χ4v) is 8.73. The summed E-state index contributed by atoms with van der Waals surface area (Å²) in [5, 5.41) is 13.1. The summed E-state index contributed by atoms with van der Waals surface area (Å²) in [6.45, 7) is 4.85. The molecule has 0 aromatic heterocycles. The molecule has 0 spiro atoms. The molecule has 0 heterocycles. The summed E-state index contributed by atoms with van der Waals surface area (Å²) in [4.78, 5) is 0. The smallest absolute Gasteiger partial charge is 0.0165 e. The highest BCUT2D eigenvalue weighted by Crippen LogP contribution is 2.57. The number of fused-ring (bicyclic) bond motifs is 12. The lowest BCUT2D eigenvalue weighted by Gasteiger charge is -2.25. The molecule has 1 aliphatic rings. The van der Waals surface area contributed by atoms with Crippen LogP contribution in [0, 0.1) is 0 Å². The van der Waals surface area contributed by atoms with Crippen LogP contribution in [0.3, 0.4) is 0 Å². The van der Waals surface area contributed by atoms with Crippen molar-refractivity contribution in [3.8, 4) is 33.4 Å². The Balaban J connectivity index is 1.28.